The zero-order valence-corrected chi connectivity index (χ0v) is 17.1. The van der Waals surface area contributed by atoms with Gasteiger partial charge in [0.05, 0.1) is 0 Å². The van der Waals surface area contributed by atoms with Crippen LogP contribution in [0.15, 0.2) is 95.7 Å². The largest absolute Gasteiger partial charge is 0.0991 e. The van der Waals surface area contributed by atoms with Gasteiger partial charge in [-0.05, 0) is 65.5 Å². The van der Waals surface area contributed by atoms with Crippen LogP contribution in [0.25, 0.3) is 11.6 Å². The van der Waals surface area contributed by atoms with Gasteiger partial charge < -0.3 is 0 Å². The highest BCUT2D eigenvalue weighted by atomic mass is 14.4. The molecule has 0 spiro atoms. The molecule has 0 heteroatoms. The lowest BCUT2D eigenvalue weighted by molar-refractivity contribution is 0.431. The first-order valence-electron chi connectivity index (χ1n) is 9.73. The summed E-state index contributed by atoms with van der Waals surface area (Å²) in [6, 6.07) is 8.77. The third-order valence-corrected chi connectivity index (χ3v) is 5.94. The van der Waals surface area contributed by atoms with Crippen molar-refractivity contribution in [2.75, 3.05) is 0 Å². The molecule has 0 bridgehead atoms. The van der Waals surface area contributed by atoms with E-state index < -0.39 is 0 Å². The standard InChI is InChI=1S/C27H30/c1-7-9-16-23(19(3)8-2)25-20(4)27(5,6)18-22-15-12-14-21-13-10-11-17-24(21)26(22)25/h7-14,16-17H,1-2,15,18H2,3-6H3/b16-9-,23-19-. The zero-order valence-electron chi connectivity index (χ0n) is 17.1. The highest BCUT2D eigenvalue weighted by Crippen LogP contribution is 2.51. The first-order valence-corrected chi connectivity index (χ1v) is 9.73. The molecule has 0 N–H and O–H groups in total. The van der Waals surface area contributed by atoms with Gasteiger partial charge >= 0.3 is 0 Å². The van der Waals surface area contributed by atoms with Crippen molar-refractivity contribution in [1.82, 2.24) is 0 Å². The van der Waals surface area contributed by atoms with Gasteiger partial charge in [0.25, 0.3) is 0 Å². The topological polar surface area (TPSA) is 0 Å². The van der Waals surface area contributed by atoms with Gasteiger partial charge in [-0.3, -0.25) is 0 Å². The maximum Gasteiger partial charge on any atom is -0.0100 e. The minimum Gasteiger partial charge on any atom is -0.0991 e. The summed E-state index contributed by atoms with van der Waals surface area (Å²) in [5, 5.41) is 0. The third kappa shape index (κ3) is 3.49. The van der Waals surface area contributed by atoms with Crippen LogP contribution < -0.4 is 0 Å². The molecule has 0 atom stereocenters. The highest BCUT2D eigenvalue weighted by Gasteiger charge is 2.34. The Morgan fingerprint density at radius 2 is 1.89 bits per heavy atom. The van der Waals surface area contributed by atoms with Crippen molar-refractivity contribution in [2.45, 2.75) is 40.5 Å². The molecule has 1 aromatic rings. The van der Waals surface area contributed by atoms with E-state index in [0.29, 0.717) is 0 Å². The molecule has 0 unspecified atom stereocenters. The van der Waals surface area contributed by atoms with Crippen molar-refractivity contribution in [3.05, 3.63) is 107 Å². The average Bonchev–Trinajstić information content (AvgIpc) is 2.82. The molecule has 0 saturated carbocycles. The Morgan fingerprint density at radius 1 is 1.15 bits per heavy atom. The molecule has 27 heavy (non-hydrogen) atoms. The lowest BCUT2D eigenvalue weighted by Gasteiger charge is -2.37. The minimum absolute atomic E-state index is 0.135. The van der Waals surface area contributed by atoms with Gasteiger partial charge in [0.1, 0.15) is 0 Å². The van der Waals surface area contributed by atoms with Crippen LogP contribution in [0, 0.1) is 5.41 Å². The van der Waals surface area contributed by atoms with Gasteiger partial charge in [0, 0.05) is 0 Å². The summed E-state index contributed by atoms with van der Waals surface area (Å²) in [6.45, 7) is 17.1. The average molecular weight is 355 g/mol. The Hall–Kier alpha value is -2.60. The Morgan fingerprint density at radius 3 is 2.59 bits per heavy atom. The van der Waals surface area contributed by atoms with Crippen LogP contribution in [0.4, 0.5) is 0 Å². The summed E-state index contributed by atoms with van der Waals surface area (Å²) in [7, 11) is 0. The zero-order chi connectivity index (χ0) is 19.6. The van der Waals surface area contributed by atoms with Crippen molar-refractivity contribution in [2.24, 2.45) is 5.41 Å². The summed E-state index contributed by atoms with van der Waals surface area (Å²) >= 11 is 0. The van der Waals surface area contributed by atoms with E-state index >= 15 is 0 Å². The summed E-state index contributed by atoms with van der Waals surface area (Å²) < 4.78 is 0. The number of allylic oxidation sites excluding steroid dienone is 11. The molecule has 0 radical (unpaired) electrons. The van der Waals surface area contributed by atoms with Crippen LogP contribution in [0.2, 0.25) is 0 Å². The van der Waals surface area contributed by atoms with Crippen LogP contribution in [-0.2, 0) is 0 Å². The van der Waals surface area contributed by atoms with E-state index in [9.17, 15) is 0 Å². The number of benzene rings is 1. The number of rotatable bonds is 4. The molecule has 2 aliphatic carbocycles. The molecule has 0 aliphatic heterocycles. The summed E-state index contributed by atoms with van der Waals surface area (Å²) in [5.74, 6) is 0. The van der Waals surface area contributed by atoms with E-state index in [2.05, 4.69) is 83.3 Å². The Bertz CT molecular complexity index is 936. The van der Waals surface area contributed by atoms with Gasteiger partial charge in [-0.25, -0.2) is 0 Å². The normalized spacial score (nSPS) is 19.4. The highest BCUT2D eigenvalue weighted by molar-refractivity contribution is 5.93. The van der Waals surface area contributed by atoms with Gasteiger partial charge in [-0.2, -0.15) is 0 Å². The maximum absolute atomic E-state index is 4.04. The van der Waals surface area contributed by atoms with Crippen molar-refractivity contribution in [1.29, 1.82) is 0 Å². The lowest BCUT2D eigenvalue weighted by atomic mass is 9.67. The van der Waals surface area contributed by atoms with E-state index in [0.717, 1.165) is 12.8 Å². The van der Waals surface area contributed by atoms with E-state index in [1.807, 2.05) is 18.2 Å². The van der Waals surface area contributed by atoms with Gasteiger partial charge in [-0.15, -0.1) is 0 Å². The maximum atomic E-state index is 4.04. The molecular weight excluding hydrogens is 324 g/mol. The second-order valence-corrected chi connectivity index (χ2v) is 8.13. The minimum atomic E-state index is 0.135. The number of hydrogen-bond acceptors (Lipinski definition) is 0. The summed E-state index contributed by atoms with van der Waals surface area (Å²) in [6.07, 6.45) is 14.7. The van der Waals surface area contributed by atoms with E-state index in [1.54, 1.807) is 0 Å². The number of fused-ring (bicyclic) bond motifs is 2. The Balaban J connectivity index is 2.39. The fourth-order valence-corrected chi connectivity index (χ4v) is 4.18. The quantitative estimate of drug-likeness (QED) is 0.483. The van der Waals surface area contributed by atoms with Gasteiger partial charge in [0.15, 0.2) is 0 Å². The van der Waals surface area contributed by atoms with Crippen LogP contribution in [-0.4, -0.2) is 0 Å². The molecule has 0 amide bonds. The lowest BCUT2D eigenvalue weighted by Crippen LogP contribution is -2.22. The first kappa shape index (κ1) is 19.2. The molecule has 2 aliphatic rings. The molecule has 138 valence electrons. The molecular formula is C27H30. The van der Waals surface area contributed by atoms with Crippen LogP contribution >= 0.6 is 0 Å². The molecule has 3 rings (SSSR count). The summed E-state index contributed by atoms with van der Waals surface area (Å²) in [4.78, 5) is 0. The van der Waals surface area contributed by atoms with Crippen LogP contribution in [0.5, 0.6) is 0 Å². The predicted molar refractivity (Wildman–Crippen MR) is 120 cm³/mol. The predicted octanol–water partition coefficient (Wildman–Crippen LogP) is 7.85. The van der Waals surface area contributed by atoms with Crippen molar-refractivity contribution < 1.29 is 0 Å². The monoisotopic (exact) mass is 354 g/mol. The second kappa shape index (κ2) is 7.56. The number of hydrogen-bond donors (Lipinski definition) is 0. The smallest absolute Gasteiger partial charge is 0.0100 e. The summed E-state index contributed by atoms with van der Waals surface area (Å²) in [5.41, 5.74) is 11.0. The molecule has 0 heterocycles. The molecule has 0 saturated heterocycles. The molecule has 1 aromatic carbocycles. The SMILES string of the molecule is C=C/C=C\C(C1=C(C)C(C)(C)CC2=C1c1ccccc1C=CC2)=C(/C)C=C. The second-order valence-electron chi connectivity index (χ2n) is 8.13. The Labute approximate surface area is 164 Å². The van der Waals surface area contributed by atoms with E-state index in [-0.39, 0.29) is 5.41 Å². The fraction of sp³-hybridized carbons (Fsp3) is 0.259. The van der Waals surface area contributed by atoms with Gasteiger partial charge in [0.2, 0.25) is 0 Å². The fourth-order valence-electron chi connectivity index (χ4n) is 4.18. The third-order valence-electron chi connectivity index (χ3n) is 5.94. The van der Waals surface area contributed by atoms with E-state index in [4.69, 9.17) is 0 Å². The van der Waals surface area contributed by atoms with Crippen LogP contribution in [0.3, 0.4) is 0 Å². The van der Waals surface area contributed by atoms with Crippen LogP contribution in [0.1, 0.15) is 51.7 Å². The first-order chi connectivity index (χ1) is 12.9. The van der Waals surface area contributed by atoms with Crippen molar-refractivity contribution in [3.63, 3.8) is 0 Å². The molecule has 0 nitrogen and oxygen atoms in total. The van der Waals surface area contributed by atoms with Gasteiger partial charge in [-0.1, -0.05) is 98.9 Å². The molecule has 0 aromatic heterocycles. The Kier molecular flexibility index (Phi) is 5.37. The van der Waals surface area contributed by atoms with Crippen molar-refractivity contribution in [3.8, 4) is 0 Å². The molecule has 0 fully saturated rings. The van der Waals surface area contributed by atoms with Crippen molar-refractivity contribution >= 4 is 11.6 Å². The van der Waals surface area contributed by atoms with E-state index in [1.165, 1.54) is 44.6 Å².